The van der Waals surface area contributed by atoms with Crippen LogP contribution in [0.15, 0.2) is 58.3 Å². The number of sulfonamides is 2. The molecule has 31 heavy (non-hydrogen) atoms. The summed E-state index contributed by atoms with van der Waals surface area (Å²) in [5, 5.41) is 0. The van der Waals surface area contributed by atoms with Crippen LogP contribution in [0.3, 0.4) is 0 Å². The van der Waals surface area contributed by atoms with E-state index in [0.29, 0.717) is 26.1 Å². The van der Waals surface area contributed by atoms with Gasteiger partial charge in [0.2, 0.25) is 26.0 Å². The van der Waals surface area contributed by atoms with Crippen molar-refractivity contribution in [3.63, 3.8) is 0 Å². The molecule has 2 saturated heterocycles. The first-order valence-corrected chi connectivity index (χ1v) is 13.2. The minimum absolute atomic E-state index is 0.00116. The Morgan fingerprint density at radius 2 is 1.52 bits per heavy atom. The molecule has 0 unspecified atom stereocenters. The van der Waals surface area contributed by atoms with Gasteiger partial charge >= 0.3 is 0 Å². The van der Waals surface area contributed by atoms with Crippen molar-refractivity contribution in [2.45, 2.75) is 42.0 Å². The Morgan fingerprint density at radius 3 is 2.16 bits per heavy atom. The highest BCUT2D eigenvalue weighted by Gasteiger charge is 2.27. The topological polar surface area (TPSA) is 104 Å². The molecule has 0 radical (unpaired) electrons. The van der Waals surface area contributed by atoms with Crippen LogP contribution in [0.5, 0.6) is 0 Å². The highest BCUT2D eigenvalue weighted by molar-refractivity contribution is 7.89. The van der Waals surface area contributed by atoms with Crippen molar-refractivity contribution >= 4 is 31.6 Å². The summed E-state index contributed by atoms with van der Waals surface area (Å²) in [6.07, 6.45) is 3.02. The first-order chi connectivity index (χ1) is 14.8. The van der Waals surface area contributed by atoms with E-state index in [2.05, 4.69) is 4.72 Å². The van der Waals surface area contributed by atoms with Gasteiger partial charge in [-0.1, -0.05) is 12.1 Å². The van der Waals surface area contributed by atoms with Crippen LogP contribution in [-0.2, 0) is 31.4 Å². The largest absolute Gasteiger partial charge is 0.312 e. The summed E-state index contributed by atoms with van der Waals surface area (Å²) < 4.78 is 54.5. The number of nitrogens with one attached hydrogen (secondary N) is 1. The lowest BCUT2D eigenvalue weighted by Crippen LogP contribution is -2.28. The van der Waals surface area contributed by atoms with Gasteiger partial charge in [-0.25, -0.2) is 21.6 Å². The molecule has 2 aliphatic rings. The van der Waals surface area contributed by atoms with E-state index in [1.54, 1.807) is 23.1 Å². The molecule has 2 heterocycles. The summed E-state index contributed by atoms with van der Waals surface area (Å²) in [7, 11) is -7.41. The van der Waals surface area contributed by atoms with Crippen molar-refractivity contribution in [3.05, 3.63) is 54.1 Å². The number of benzene rings is 2. The van der Waals surface area contributed by atoms with Gasteiger partial charge in [-0.3, -0.25) is 4.79 Å². The summed E-state index contributed by atoms with van der Waals surface area (Å²) in [6, 6.07) is 12.5. The number of amides is 1. The molecule has 0 atom stereocenters. The van der Waals surface area contributed by atoms with Crippen molar-refractivity contribution in [1.29, 1.82) is 0 Å². The zero-order chi connectivity index (χ0) is 22.1. The third-order valence-electron chi connectivity index (χ3n) is 5.60. The SMILES string of the molecule is O=C1CCCN1c1cccc(CNS(=O)(=O)c2ccc(S(=O)(=O)N3CCCC3)cc2)c1. The average Bonchev–Trinajstić information content (AvgIpc) is 3.45. The van der Waals surface area contributed by atoms with Crippen LogP contribution in [0.4, 0.5) is 5.69 Å². The van der Waals surface area contributed by atoms with E-state index in [1.807, 2.05) is 6.07 Å². The summed E-state index contributed by atoms with van der Waals surface area (Å²) in [5.41, 5.74) is 1.49. The Kier molecular flexibility index (Phi) is 6.16. The molecular weight excluding hydrogens is 438 g/mol. The van der Waals surface area contributed by atoms with Gasteiger partial charge in [-0.05, 0) is 61.2 Å². The fourth-order valence-corrected chi connectivity index (χ4v) is 6.42. The maximum Gasteiger partial charge on any atom is 0.243 e. The fraction of sp³-hybridized carbons (Fsp3) is 0.381. The van der Waals surface area contributed by atoms with Crippen molar-refractivity contribution < 1.29 is 21.6 Å². The molecule has 2 aromatic carbocycles. The van der Waals surface area contributed by atoms with Crippen LogP contribution in [0.2, 0.25) is 0 Å². The Hall–Kier alpha value is -2.27. The third kappa shape index (κ3) is 4.67. The minimum Gasteiger partial charge on any atom is -0.312 e. The molecule has 2 aliphatic heterocycles. The van der Waals surface area contributed by atoms with Crippen molar-refractivity contribution in [3.8, 4) is 0 Å². The first kappa shape index (κ1) is 21.9. The van der Waals surface area contributed by atoms with Crippen LogP contribution in [-0.4, -0.2) is 46.7 Å². The predicted molar refractivity (Wildman–Crippen MR) is 116 cm³/mol. The molecule has 2 fully saturated rings. The van der Waals surface area contributed by atoms with Crippen LogP contribution in [0.25, 0.3) is 0 Å². The van der Waals surface area contributed by atoms with Crippen molar-refractivity contribution in [2.24, 2.45) is 0 Å². The predicted octanol–water partition coefficient (Wildman–Crippen LogP) is 2.08. The summed E-state index contributed by atoms with van der Waals surface area (Å²) in [4.78, 5) is 13.7. The van der Waals surface area contributed by atoms with Gasteiger partial charge < -0.3 is 4.90 Å². The number of hydrogen-bond donors (Lipinski definition) is 1. The summed E-state index contributed by atoms with van der Waals surface area (Å²) in [5.74, 6) is 0.0710. The molecule has 0 aromatic heterocycles. The number of hydrogen-bond acceptors (Lipinski definition) is 5. The Morgan fingerprint density at radius 1 is 0.839 bits per heavy atom. The molecule has 0 spiro atoms. The molecule has 0 aliphatic carbocycles. The highest BCUT2D eigenvalue weighted by Crippen LogP contribution is 2.24. The first-order valence-electron chi connectivity index (χ1n) is 10.3. The lowest BCUT2D eigenvalue weighted by molar-refractivity contribution is -0.117. The highest BCUT2D eigenvalue weighted by atomic mass is 32.2. The maximum absolute atomic E-state index is 12.7. The Bertz CT molecular complexity index is 1170. The molecule has 166 valence electrons. The number of rotatable bonds is 7. The van der Waals surface area contributed by atoms with Gasteiger partial charge in [0.25, 0.3) is 0 Å². The van der Waals surface area contributed by atoms with E-state index in [1.165, 1.54) is 28.6 Å². The smallest absolute Gasteiger partial charge is 0.243 e. The van der Waals surface area contributed by atoms with Gasteiger partial charge in [-0.15, -0.1) is 0 Å². The second-order valence-electron chi connectivity index (χ2n) is 7.73. The van der Waals surface area contributed by atoms with E-state index < -0.39 is 20.0 Å². The zero-order valence-corrected chi connectivity index (χ0v) is 18.7. The number of carbonyl (C=O) groups is 1. The van der Waals surface area contributed by atoms with Gasteiger partial charge in [-0.2, -0.15) is 4.31 Å². The minimum atomic E-state index is -3.82. The van der Waals surface area contributed by atoms with Crippen LogP contribution in [0, 0.1) is 0 Å². The van der Waals surface area contributed by atoms with E-state index >= 15 is 0 Å². The van der Waals surface area contributed by atoms with Crippen LogP contribution < -0.4 is 9.62 Å². The van der Waals surface area contributed by atoms with Crippen molar-refractivity contribution in [1.82, 2.24) is 9.03 Å². The molecule has 1 N–H and O–H groups in total. The quantitative estimate of drug-likeness (QED) is 0.677. The third-order valence-corrected chi connectivity index (χ3v) is 8.93. The molecule has 10 heteroatoms. The fourth-order valence-electron chi connectivity index (χ4n) is 3.89. The molecule has 1 amide bonds. The molecular formula is C21H25N3O5S2. The van der Waals surface area contributed by atoms with E-state index in [4.69, 9.17) is 0 Å². The van der Waals surface area contributed by atoms with Gasteiger partial charge in [0.15, 0.2) is 0 Å². The lowest BCUT2D eigenvalue weighted by atomic mass is 10.2. The lowest BCUT2D eigenvalue weighted by Gasteiger charge is -2.17. The summed E-state index contributed by atoms with van der Waals surface area (Å²) >= 11 is 0. The normalized spacial score (nSPS) is 18.1. The van der Waals surface area contributed by atoms with Gasteiger partial charge in [0.1, 0.15) is 0 Å². The van der Waals surface area contributed by atoms with Crippen LogP contribution in [0.1, 0.15) is 31.2 Å². The van der Waals surface area contributed by atoms with Gasteiger partial charge in [0.05, 0.1) is 9.79 Å². The Balaban J connectivity index is 1.45. The van der Waals surface area contributed by atoms with Crippen LogP contribution >= 0.6 is 0 Å². The van der Waals surface area contributed by atoms with E-state index in [9.17, 15) is 21.6 Å². The number of nitrogens with zero attached hydrogens (tertiary/aromatic N) is 2. The standard InChI is InChI=1S/C21H25N3O5S2/c25-21-7-4-14-24(21)18-6-3-5-17(15-18)16-22-30(26,27)19-8-10-20(11-9-19)31(28,29)23-12-1-2-13-23/h3,5-6,8-11,15,22H,1-2,4,7,12-14,16H2. The second-order valence-corrected chi connectivity index (χ2v) is 11.4. The molecule has 8 nitrogen and oxygen atoms in total. The maximum atomic E-state index is 12.7. The second kappa shape index (κ2) is 8.70. The van der Waals surface area contributed by atoms with E-state index in [0.717, 1.165) is 30.5 Å². The average molecular weight is 464 g/mol. The zero-order valence-electron chi connectivity index (χ0n) is 17.0. The molecule has 2 aromatic rings. The molecule has 0 saturated carbocycles. The monoisotopic (exact) mass is 463 g/mol. The summed E-state index contributed by atoms with van der Waals surface area (Å²) in [6.45, 7) is 1.71. The molecule has 0 bridgehead atoms. The Labute approximate surface area is 183 Å². The van der Waals surface area contributed by atoms with Crippen molar-refractivity contribution in [2.75, 3.05) is 24.5 Å². The number of anilines is 1. The number of carbonyl (C=O) groups excluding carboxylic acids is 1. The molecule has 4 rings (SSSR count). The van der Waals surface area contributed by atoms with E-state index in [-0.39, 0.29) is 22.2 Å². The van der Waals surface area contributed by atoms with Gasteiger partial charge in [0, 0.05) is 38.3 Å².